The van der Waals surface area contributed by atoms with Crippen LogP contribution in [0, 0.1) is 0 Å². The smallest absolute Gasteiger partial charge is 0.335 e. The molecule has 5 heteroatoms. The number of hydrogen-bond acceptors (Lipinski definition) is 3. The van der Waals surface area contributed by atoms with Crippen LogP contribution in [0.15, 0.2) is 36.9 Å². The summed E-state index contributed by atoms with van der Waals surface area (Å²) < 4.78 is 0. The number of nitrogens with zero attached hydrogens (tertiary/aromatic N) is 1. The van der Waals surface area contributed by atoms with Crippen LogP contribution in [-0.4, -0.2) is 24.1 Å². The molecule has 1 amide bonds. The Kier molecular flexibility index (Phi) is 3.79. The van der Waals surface area contributed by atoms with Crippen molar-refractivity contribution in [2.45, 2.75) is 0 Å². The molecular formula is C11H11NO4. The molecule has 0 aliphatic carbocycles. The summed E-state index contributed by atoms with van der Waals surface area (Å²) in [5, 5.41) is 9.71. The van der Waals surface area contributed by atoms with Crippen molar-refractivity contribution in [3.8, 4) is 0 Å². The largest absolute Gasteiger partial charge is 0.478 e. The first kappa shape index (κ1) is 11.9. The van der Waals surface area contributed by atoms with E-state index < -0.39 is 11.9 Å². The lowest BCUT2D eigenvalue weighted by atomic mass is 10.2. The highest BCUT2D eigenvalue weighted by molar-refractivity contribution is 5.99. The van der Waals surface area contributed by atoms with Gasteiger partial charge in [-0.15, -0.1) is 0 Å². The van der Waals surface area contributed by atoms with Crippen molar-refractivity contribution in [3.63, 3.8) is 0 Å². The SMILES string of the molecule is C=CC(=O)N(OC)c1ccc(C(=O)O)cc1. The van der Waals surface area contributed by atoms with E-state index in [1.165, 1.54) is 31.4 Å². The molecule has 1 rings (SSSR count). The molecular weight excluding hydrogens is 210 g/mol. The molecule has 0 heterocycles. The highest BCUT2D eigenvalue weighted by atomic mass is 16.7. The number of rotatable bonds is 4. The van der Waals surface area contributed by atoms with Crippen molar-refractivity contribution in [2.24, 2.45) is 0 Å². The van der Waals surface area contributed by atoms with Crippen LogP contribution in [-0.2, 0) is 9.63 Å². The number of anilines is 1. The number of aromatic carboxylic acids is 1. The van der Waals surface area contributed by atoms with Gasteiger partial charge in [-0.25, -0.2) is 4.79 Å². The summed E-state index contributed by atoms with van der Waals surface area (Å²) in [5.74, 6) is -1.45. The van der Waals surface area contributed by atoms with E-state index in [1.54, 1.807) is 0 Å². The maximum absolute atomic E-state index is 11.3. The van der Waals surface area contributed by atoms with E-state index in [0.717, 1.165) is 11.1 Å². The molecule has 5 nitrogen and oxygen atoms in total. The average Bonchev–Trinajstić information content (AvgIpc) is 2.30. The monoisotopic (exact) mass is 221 g/mol. The van der Waals surface area contributed by atoms with Gasteiger partial charge in [0.15, 0.2) is 0 Å². The maximum Gasteiger partial charge on any atom is 0.335 e. The minimum Gasteiger partial charge on any atom is -0.478 e. The van der Waals surface area contributed by atoms with Gasteiger partial charge in [-0.05, 0) is 30.3 Å². The second-order valence-corrected chi connectivity index (χ2v) is 2.87. The molecule has 0 fully saturated rings. The Hall–Kier alpha value is -2.14. The Morgan fingerprint density at radius 1 is 1.38 bits per heavy atom. The first-order valence-corrected chi connectivity index (χ1v) is 4.44. The summed E-state index contributed by atoms with van der Waals surface area (Å²) in [7, 11) is 1.34. The first-order valence-electron chi connectivity index (χ1n) is 4.44. The zero-order chi connectivity index (χ0) is 12.1. The van der Waals surface area contributed by atoms with E-state index in [1.807, 2.05) is 0 Å². The van der Waals surface area contributed by atoms with Crippen LogP contribution >= 0.6 is 0 Å². The van der Waals surface area contributed by atoms with Crippen molar-refractivity contribution in [3.05, 3.63) is 42.5 Å². The van der Waals surface area contributed by atoms with Crippen molar-refractivity contribution in [1.82, 2.24) is 0 Å². The van der Waals surface area contributed by atoms with Gasteiger partial charge in [0, 0.05) is 0 Å². The van der Waals surface area contributed by atoms with Gasteiger partial charge in [0.05, 0.1) is 18.4 Å². The molecule has 0 bridgehead atoms. The molecule has 16 heavy (non-hydrogen) atoms. The van der Waals surface area contributed by atoms with Crippen LogP contribution in [0.4, 0.5) is 5.69 Å². The predicted octanol–water partition coefficient (Wildman–Crippen LogP) is 1.47. The normalized spacial score (nSPS) is 9.56. The fourth-order valence-corrected chi connectivity index (χ4v) is 1.14. The second-order valence-electron chi connectivity index (χ2n) is 2.87. The van der Waals surface area contributed by atoms with Crippen molar-refractivity contribution < 1.29 is 19.5 Å². The summed E-state index contributed by atoms with van der Waals surface area (Å²) in [6.45, 7) is 3.34. The fraction of sp³-hybridized carbons (Fsp3) is 0.0909. The molecule has 0 saturated carbocycles. The highest BCUT2D eigenvalue weighted by Crippen LogP contribution is 2.15. The number of amides is 1. The van der Waals surface area contributed by atoms with E-state index in [4.69, 9.17) is 9.94 Å². The Morgan fingerprint density at radius 3 is 2.31 bits per heavy atom. The molecule has 0 aliphatic rings. The van der Waals surface area contributed by atoms with Crippen LogP contribution < -0.4 is 5.06 Å². The minimum absolute atomic E-state index is 0.144. The third-order valence-electron chi connectivity index (χ3n) is 1.91. The fourth-order valence-electron chi connectivity index (χ4n) is 1.14. The van der Waals surface area contributed by atoms with Gasteiger partial charge in [-0.3, -0.25) is 9.63 Å². The van der Waals surface area contributed by atoms with Crippen molar-refractivity contribution >= 4 is 17.6 Å². The molecule has 0 unspecified atom stereocenters. The number of carboxylic acids is 1. The van der Waals surface area contributed by atoms with Crippen LogP contribution in [0.2, 0.25) is 0 Å². The molecule has 0 aliphatic heterocycles. The summed E-state index contributed by atoms with van der Waals surface area (Å²) in [5.41, 5.74) is 0.586. The number of benzene rings is 1. The van der Waals surface area contributed by atoms with E-state index in [9.17, 15) is 9.59 Å². The zero-order valence-electron chi connectivity index (χ0n) is 8.71. The van der Waals surface area contributed by atoms with Crippen LogP contribution in [0.5, 0.6) is 0 Å². The van der Waals surface area contributed by atoms with Gasteiger partial charge in [0.1, 0.15) is 0 Å². The summed E-state index contributed by atoms with van der Waals surface area (Å²) in [4.78, 5) is 26.8. The summed E-state index contributed by atoms with van der Waals surface area (Å²) in [6, 6.07) is 5.74. The molecule has 0 aromatic heterocycles. The Bertz CT molecular complexity index is 410. The zero-order valence-corrected chi connectivity index (χ0v) is 8.71. The van der Waals surface area contributed by atoms with Crippen molar-refractivity contribution in [1.29, 1.82) is 0 Å². The quantitative estimate of drug-likeness (QED) is 0.617. The van der Waals surface area contributed by atoms with Gasteiger partial charge in [0.2, 0.25) is 0 Å². The Labute approximate surface area is 92.5 Å². The summed E-state index contributed by atoms with van der Waals surface area (Å²) >= 11 is 0. The second kappa shape index (κ2) is 5.09. The summed E-state index contributed by atoms with van der Waals surface area (Å²) in [6.07, 6.45) is 1.11. The van der Waals surface area contributed by atoms with Gasteiger partial charge >= 0.3 is 5.97 Å². The van der Waals surface area contributed by atoms with Crippen molar-refractivity contribution in [2.75, 3.05) is 12.2 Å². The van der Waals surface area contributed by atoms with E-state index in [-0.39, 0.29) is 5.56 Å². The molecule has 0 spiro atoms. The number of carbonyl (C=O) groups excluding carboxylic acids is 1. The maximum atomic E-state index is 11.3. The number of carboxylic acid groups (broad SMARTS) is 1. The van der Waals surface area contributed by atoms with Crippen LogP contribution in [0.25, 0.3) is 0 Å². The standard InChI is InChI=1S/C11H11NO4/c1-3-10(13)12(16-2)9-6-4-8(5-7-9)11(14)15/h3-7H,1H2,2H3,(H,14,15). The number of hydrogen-bond donors (Lipinski definition) is 1. The van der Waals surface area contributed by atoms with Gasteiger partial charge in [-0.1, -0.05) is 6.58 Å². The molecule has 1 N–H and O–H groups in total. The Balaban J connectivity index is 2.99. The van der Waals surface area contributed by atoms with Crippen LogP contribution in [0.1, 0.15) is 10.4 Å². The Morgan fingerprint density at radius 2 is 1.94 bits per heavy atom. The lowest BCUT2D eigenvalue weighted by Crippen LogP contribution is -2.27. The molecule has 0 saturated heterocycles. The minimum atomic E-state index is -1.02. The molecule has 1 aromatic carbocycles. The molecule has 84 valence electrons. The third-order valence-corrected chi connectivity index (χ3v) is 1.91. The van der Waals surface area contributed by atoms with Crippen LogP contribution in [0.3, 0.4) is 0 Å². The lowest BCUT2D eigenvalue weighted by molar-refractivity contribution is -0.120. The molecule has 1 aromatic rings. The molecule has 0 radical (unpaired) electrons. The van der Waals surface area contributed by atoms with E-state index in [2.05, 4.69) is 6.58 Å². The number of hydroxylamine groups is 1. The first-order chi connectivity index (χ1) is 7.60. The predicted molar refractivity (Wildman–Crippen MR) is 58.1 cm³/mol. The van der Waals surface area contributed by atoms with Gasteiger partial charge in [-0.2, -0.15) is 5.06 Å². The number of carbonyl (C=O) groups is 2. The van der Waals surface area contributed by atoms with E-state index >= 15 is 0 Å². The third kappa shape index (κ3) is 2.46. The molecule has 0 atom stereocenters. The average molecular weight is 221 g/mol. The lowest BCUT2D eigenvalue weighted by Gasteiger charge is -2.17. The van der Waals surface area contributed by atoms with Gasteiger partial charge in [0.25, 0.3) is 5.91 Å². The van der Waals surface area contributed by atoms with Gasteiger partial charge < -0.3 is 5.11 Å². The topological polar surface area (TPSA) is 66.8 Å². The van der Waals surface area contributed by atoms with E-state index in [0.29, 0.717) is 5.69 Å². The highest BCUT2D eigenvalue weighted by Gasteiger charge is 2.12.